The summed E-state index contributed by atoms with van der Waals surface area (Å²) in [5, 5.41) is 5.34. The molecule has 7 heteroatoms. The van der Waals surface area contributed by atoms with Crippen LogP contribution in [0.25, 0.3) is 10.9 Å². The Hall–Kier alpha value is -2.80. The van der Waals surface area contributed by atoms with Crippen LogP contribution >= 0.6 is 0 Å². The van der Waals surface area contributed by atoms with Gasteiger partial charge in [0.2, 0.25) is 0 Å². The number of nitrogens with zero attached hydrogens (tertiary/aromatic N) is 1. The molecule has 1 aliphatic rings. The molecule has 0 bridgehead atoms. The number of H-pyrrole nitrogens is 1. The SMILES string of the molecule is COc1ccc2[nH]c3c(c2c1)CCC/C3=N/NS(=O)(=O)c1ccc(C)cc1. The maximum Gasteiger partial charge on any atom is 0.276 e. The molecule has 0 atom stereocenters. The quantitative estimate of drug-likeness (QED) is 0.676. The lowest BCUT2D eigenvalue weighted by atomic mass is 9.94. The average molecular weight is 383 g/mol. The number of aryl methyl sites for hydroxylation is 2. The molecule has 27 heavy (non-hydrogen) atoms. The summed E-state index contributed by atoms with van der Waals surface area (Å²) in [6.07, 6.45) is 2.56. The minimum Gasteiger partial charge on any atom is -0.497 e. The first-order chi connectivity index (χ1) is 13.0. The van der Waals surface area contributed by atoms with Gasteiger partial charge in [-0.2, -0.15) is 18.4 Å². The van der Waals surface area contributed by atoms with Gasteiger partial charge in [0.15, 0.2) is 0 Å². The van der Waals surface area contributed by atoms with E-state index >= 15 is 0 Å². The molecule has 0 saturated heterocycles. The third kappa shape index (κ3) is 3.30. The maximum absolute atomic E-state index is 12.5. The van der Waals surface area contributed by atoms with Crippen LogP contribution in [-0.4, -0.2) is 26.2 Å². The van der Waals surface area contributed by atoms with Crippen LogP contribution in [0, 0.1) is 6.92 Å². The summed E-state index contributed by atoms with van der Waals surface area (Å²) < 4.78 is 30.3. The average Bonchev–Trinajstić information content (AvgIpc) is 3.05. The van der Waals surface area contributed by atoms with Crippen molar-refractivity contribution in [1.29, 1.82) is 0 Å². The smallest absolute Gasteiger partial charge is 0.276 e. The summed E-state index contributed by atoms with van der Waals surface area (Å²) in [7, 11) is -2.05. The zero-order valence-electron chi connectivity index (χ0n) is 15.2. The Morgan fingerprint density at radius 1 is 1.11 bits per heavy atom. The molecule has 3 aromatic rings. The van der Waals surface area contributed by atoms with Gasteiger partial charge in [-0.1, -0.05) is 17.7 Å². The molecule has 0 amide bonds. The van der Waals surface area contributed by atoms with Crippen LogP contribution < -0.4 is 9.57 Å². The highest BCUT2D eigenvalue weighted by Gasteiger charge is 2.22. The molecule has 1 heterocycles. The van der Waals surface area contributed by atoms with Crippen molar-refractivity contribution in [2.75, 3.05) is 7.11 Å². The monoisotopic (exact) mass is 383 g/mol. The number of nitrogens with one attached hydrogen (secondary N) is 2. The van der Waals surface area contributed by atoms with E-state index < -0.39 is 10.0 Å². The predicted molar refractivity (Wildman–Crippen MR) is 106 cm³/mol. The largest absolute Gasteiger partial charge is 0.497 e. The van der Waals surface area contributed by atoms with Crippen LogP contribution in [0.15, 0.2) is 52.5 Å². The van der Waals surface area contributed by atoms with Gasteiger partial charge in [0.25, 0.3) is 10.0 Å². The van der Waals surface area contributed by atoms with Crippen LogP contribution in [-0.2, 0) is 16.4 Å². The Morgan fingerprint density at radius 2 is 1.89 bits per heavy atom. The lowest BCUT2D eigenvalue weighted by Gasteiger charge is -2.14. The zero-order valence-corrected chi connectivity index (χ0v) is 16.1. The van der Waals surface area contributed by atoms with E-state index in [1.54, 1.807) is 31.4 Å². The first-order valence-electron chi connectivity index (χ1n) is 8.82. The van der Waals surface area contributed by atoms with Gasteiger partial charge in [-0.15, -0.1) is 0 Å². The summed E-state index contributed by atoms with van der Waals surface area (Å²) in [4.78, 5) is 5.97. The molecule has 1 aromatic heterocycles. The van der Waals surface area contributed by atoms with Gasteiger partial charge in [-0.3, -0.25) is 0 Å². The topological polar surface area (TPSA) is 83.5 Å². The summed E-state index contributed by atoms with van der Waals surface area (Å²) in [5.74, 6) is 0.799. The number of aromatic nitrogens is 1. The fourth-order valence-corrected chi connectivity index (χ4v) is 4.24. The molecule has 0 aliphatic heterocycles. The van der Waals surface area contributed by atoms with E-state index in [4.69, 9.17) is 4.74 Å². The lowest BCUT2D eigenvalue weighted by molar-refractivity contribution is 0.415. The highest BCUT2D eigenvalue weighted by atomic mass is 32.2. The van der Waals surface area contributed by atoms with Gasteiger partial charge < -0.3 is 9.72 Å². The van der Waals surface area contributed by atoms with Gasteiger partial charge in [-0.05, 0) is 62.1 Å². The number of fused-ring (bicyclic) bond motifs is 3. The highest BCUT2D eigenvalue weighted by molar-refractivity contribution is 7.89. The summed E-state index contributed by atoms with van der Waals surface area (Å²) in [6.45, 7) is 1.92. The number of benzene rings is 2. The Balaban J connectivity index is 1.69. The van der Waals surface area contributed by atoms with Crippen LogP contribution in [0.4, 0.5) is 0 Å². The van der Waals surface area contributed by atoms with Crippen molar-refractivity contribution in [2.45, 2.75) is 31.1 Å². The number of ether oxygens (including phenoxy) is 1. The van der Waals surface area contributed by atoms with E-state index in [-0.39, 0.29) is 4.90 Å². The molecule has 0 unspecified atom stereocenters. The van der Waals surface area contributed by atoms with E-state index in [0.717, 1.165) is 52.0 Å². The van der Waals surface area contributed by atoms with E-state index in [1.165, 1.54) is 0 Å². The molecule has 0 saturated carbocycles. The molecule has 4 rings (SSSR count). The molecule has 2 N–H and O–H groups in total. The van der Waals surface area contributed by atoms with Gasteiger partial charge in [0, 0.05) is 10.9 Å². The van der Waals surface area contributed by atoms with Crippen molar-refractivity contribution in [2.24, 2.45) is 5.10 Å². The number of hydrogen-bond acceptors (Lipinski definition) is 4. The van der Waals surface area contributed by atoms with Crippen LogP contribution in [0.1, 0.15) is 29.7 Å². The Kier molecular flexibility index (Phi) is 4.39. The number of methoxy groups -OCH3 is 1. The lowest BCUT2D eigenvalue weighted by Crippen LogP contribution is -2.22. The molecule has 2 aromatic carbocycles. The second-order valence-electron chi connectivity index (χ2n) is 6.71. The second kappa shape index (κ2) is 6.74. The van der Waals surface area contributed by atoms with Crippen LogP contribution in [0.3, 0.4) is 0 Å². The standard InChI is InChI=1S/C20H21N3O3S/c1-13-6-9-15(10-7-13)27(24,25)23-22-19-5-3-4-16-17-12-14(26-2)8-11-18(17)21-20(16)19/h6-12,21,23H,3-5H2,1-2H3/b22-19-. The summed E-state index contributed by atoms with van der Waals surface area (Å²) >= 11 is 0. The third-order valence-electron chi connectivity index (χ3n) is 4.87. The number of hydrazone groups is 1. The molecule has 0 spiro atoms. The fourth-order valence-electron chi connectivity index (χ4n) is 3.41. The van der Waals surface area contributed by atoms with Crippen molar-refractivity contribution in [1.82, 2.24) is 9.82 Å². The van der Waals surface area contributed by atoms with Crippen molar-refractivity contribution >= 4 is 26.6 Å². The Bertz CT molecular complexity index is 1130. The van der Waals surface area contributed by atoms with Crippen LogP contribution in [0.2, 0.25) is 0 Å². The first kappa shape index (κ1) is 17.6. The fraction of sp³-hybridized carbons (Fsp3) is 0.250. The Morgan fingerprint density at radius 3 is 2.63 bits per heavy atom. The molecule has 140 valence electrons. The first-order valence-corrected chi connectivity index (χ1v) is 10.3. The van der Waals surface area contributed by atoms with Gasteiger partial charge in [0.05, 0.1) is 23.4 Å². The normalized spacial score (nSPS) is 15.7. The van der Waals surface area contributed by atoms with Gasteiger partial charge in [0.1, 0.15) is 5.75 Å². The summed E-state index contributed by atoms with van der Waals surface area (Å²) in [5.41, 5.74) is 4.78. The minimum absolute atomic E-state index is 0.204. The van der Waals surface area contributed by atoms with Crippen molar-refractivity contribution in [3.8, 4) is 5.75 Å². The Labute approximate surface area is 158 Å². The molecule has 6 nitrogen and oxygen atoms in total. The number of hydrogen-bond donors (Lipinski definition) is 2. The van der Waals surface area contributed by atoms with Gasteiger partial charge in [-0.25, -0.2) is 0 Å². The predicted octanol–water partition coefficient (Wildman–Crippen LogP) is 3.50. The third-order valence-corrected chi connectivity index (χ3v) is 6.10. The van der Waals surface area contributed by atoms with Crippen LogP contribution in [0.5, 0.6) is 5.75 Å². The zero-order chi connectivity index (χ0) is 19.0. The molecule has 0 fully saturated rings. The van der Waals surface area contributed by atoms with Crippen molar-refractivity contribution in [3.63, 3.8) is 0 Å². The second-order valence-corrected chi connectivity index (χ2v) is 8.37. The molecule has 0 radical (unpaired) electrons. The number of rotatable bonds is 4. The maximum atomic E-state index is 12.5. The van der Waals surface area contributed by atoms with E-state index in [2.05, 4.69) is 14.9 Å². The van der Waals surface area contributed by atoms with Crippen molar-refractivity contribution in [3.05, 3.63) is 59.3 Å². The van der Waals surface area contributed by atoms with E-state index in [0.29, 0.717) is 6.42 Å². The van der Waals surface area contributed by atoms with E-state index in [1.807, 2.05) is 25.1 Å². The minimum atomic E-state index is -3.69. The molecule has 1 aliphatic carbocycles. The summed E-state index contributed by atoms with van der Waals surface area (Å²) in [6, 6.07) is 12.6. The highest BCUT2D eigenvalue weighted by Crippen LogP contribution is 2.31. The number of aromatic amines is 1. The molecular formula is C20H21N3O3S. The number of sulfonamides is 1. The van der Waals surface area contributed by atoms with E-state index in [9.17, 15) is 8.42 Å². The van der Waals surface area contributed by atoms with Gasteiger partial charge >= 0.3 is 0 Å². The molecular weight excluding hydrogens is 362 g/mol. The van der Waals surface area contributed by atoms with Crippen molar-refractivity contribution < 1.29 is 13.2 Å².